The highest BCUT2D eigenvalue weighted by Crippen LogP contribution is 2.41. The average molecular weight is 330 g/mol. The monoisotopic (exact) mass is 329 g/mol. The standard InChI is InChI=1S/C18H17ClFN3/c1-2-10-6-7-15-11(8-10)16(12(9-21)18(22)23-15)17-13(19)4-3-5-14(17)20/h3-5,10H,2,6-8H2,1H3,(H2,22,23). The molecular formula is C18H17ClFN3. The van der Waals surface area contributed by atoms with Crippen LogP contribution in [0.15, 0.2) is 18.2 Å². The molecule has 0 fully saturated rings. The van der Waals surface area contributed by atoms with Crippen LogP contribution in [0.25, 0.3) is 11.1 Å². The number of fused-ring (bicyclic) bond motifs is 1. The second-order valence-electron chi connectivity index (χ2n) is 5.90. The summed E-state index contributed by atoms with van der Waals surface area (Å²) in [5.41, 5.74) is 8.74. The molecule has 0 spiro atoms. The molecule has 1 unspecified atom stereocenters. The topological polar surface area (TPSA) is 62.7 Å². The van der Waals surface area contributed by atoms with Gasteiger partial charge in [0.25, 0.3) is 0 Å². The maximum absolute atomic E-state index is 14.5. The zero-order valence-electron chi connectivity index (χ0n) is 12.9. The minimum atomic E-state index is -0.444. The molecule has 1 aliphatic carbocycles. The van der Waals surface area contributed by atoms with E-state index >= 15 is 0 Å². The first-order chi connectivity index (χ1) is 11.1. The number of anilines is 1. The molecule has 0 bridgehead atoms. The summed E-state index contributed by atoms with van der Waals surface area (Å²) in [6.45, 7) is 2.14. The van der Waals surface area contributed by atoms with Crippen molar-refractivity contribution in [2.45, 2.75) is 32.6 Å². The molecular weight excluding hydrogens is 313 g/mol. The van der Waals surface area contributed by atoms with E-state index in [0.29, 0.717) is 11.5 Å². The van der Waals surface area contributed by atoms with Gasteiger partial charge in [0.2, 0.25) is 0 Å². The molecule has 5 heteroatoms. The normalized spacial score (nSPS) is 16.7. The van der Waals surface area contributed by atoms with Gasteiger partial charge in [-0.3, -0.25) is 0 Å². The number of halogens is 2. The minimum Gasteiger partial charge on any atom is -0.383 e. The highest BCUT2D eigenvalue weighted by atomic mass is 35.5. The number of aromatic nitrogens is 1. The van der Waals surface area contributed by atoms with Crippen molar-refractivity contribution in [3.8, 4) is 17.2 Å². The molecule has 2 aromatic rings. The number of nitrogens with zero attached hydrogens (tertiary/aromatic N) is 2. The van der Waals surface area contributed by atoms with E-state index in [0.717, 1.165) is 36.9 Å². The van der Waals surface area contributed by atoms with Crippen LogP contribution >= 0.6 is 11.6 Å². The van der Waals surface area contributed by atoms with Crippen molar-refractivity contribution in [1.29, 1.82) is 5.26 Å². The average Bonchev–Trinajstić information content (AvgIpc) is 2.54. The lowest BCUT2D eigenvalue weighted by Gasteiger charge is -2.26. The van der Waals surface area contributed by atoms with Crippen LogP contribution in [0.1, 0.15) is 36.6 Å². The summed E-state index contributed by atoms with van der Waals surface area (Å²) in [5, 5.41) is 9.82. The Morgan fingerprint density at radius 2 is 2.22 bits per heavy atom. The lowest BCUT2D eigenvalue weighted by Crippen LogP contribution is -2.18. The first-order valence-electron chi connectivity index (χ1n) is 7.72. The maximum Gasteiger partial charge on any atom is 0.142 e. The van der Waals surface area contributed by atoms with Crippen LogP contribution in [0.4, 0.5) is 10.2 Å². The van der Waals surface area contributed by atoms with Crippen molar-refractivity contribution >= 4 is 17.4 Å². The first-order valence-corrected chi connectivity index (χ1v) is 8.10. The van der Waals surface area contributed by atoms with Crippen molar-refractivity contribution in [3.63, 3.8) is 0 Å². The van der Waals surface area contributed by atoms with E-state index < -0.39 is 5.82 Å². The summed E-state index contributed by atoms with van der Waals surface area (Å²) >= 11 is 6.25. The number of pyridine rings is 1. The highest BCUT2D eigenvalue weighted by Gasteiger charge is 2.28. The van der Waals surface area contributed by atoms with E-state index in [1.54, 1.807) is 12.1 Å². The minimum absolute atomic E-state index is 0.149. The van der Waals surface area contributed by atoms with Crippen molar-refractivity contribution in [2.75, 3.05) is 5.73 Å². The third kappa shape index (κ3) is 2.66. The molecule has 1 aliphatic rings. The Kier molecular flexibility index (Phi) is 4.23. The SMILES string of the molecule is CCC1CCc2nc(N)c(C#N)c(-c3c(F)cccc3Cl)c2C1. The molecule has 2 N–H and O–H groups in total. The Balaban J connectivity index is 2.35. The van der Waals surface area contributed by atoms with Crippen LogP contribution in [-0.4, -0.2) is 4.98 Å². The van der Waals surface area contributed by atoms with Gasteiger partial charge >= 0.3 is 0 Å². The number of hydrogen-bond acceptors (Lipinski definition) is 3. The highest BCUT2D eigenvalue weighted by molar-refractivity contribution is 6.33. The lowest BCUT2D eigenvalue weighted by molar-refractivity contribution is 0.440. The Hall–Kier alpha value is -2.12. The fourth-order valence-electron chi connectivity index (χ4n) is 3.32. The third-order valence-corrected chi connectivity index (χ3v) is 4.91. The van der Waals surface area contributed by atoms with Gasteiger partial charge in [0.15, 0.2) is 0 Å². The summed E-state index contributed by atoms with van der Waals surface area (Å²) in [6, 6.07) is 6.62. The van der Waals surface area contributed by atoms with E-state index in [-0.39, 0.29) is 22.0 Å². The fraction of sp³-hybridized carbons (Fsp3) is 0.333. The van der Waals surface area contributed by atoms with E-state index in [2.05, 4.69) is 18.0 Å². The Bertz CT molecular complexity index is 791. The number of nitrogen functional groups attached to an aromatic ring is 1. The number of hydrogen-bond donors (Lipinski definition) is 1. The van der Waals surface area contributed by atoms with Gasteiger partial charge in [-0.05, 0) is 42.9 Å². The summed E-state index contributed by atoms with van der Waals surface area (Å²) in [4.78, 5) is 4.39. The molecule has 0 amide bonds. The molecule has 0 aliphatic heterocycles. The van der Waals surface area contributed by atoms with E-state index in [1.807, 2.05) is 0 Å². The number of nitriles is 1. The molecule has 1 atom stereocenters. The summed E-state index contributed by atoms with van der Waals surface area (Å²) in [5.74, 6) is 0.208. The summed E-state index contributed by atoms with van der Waals surface area (Å²) < 4.78 is 14.5. The van der Waals surface area contributed by atoms with Crippen molar-refractivity contribution in [1.82, 2.24) is 4.98 Å². The quantitative estimate of drug-likeness (QED) is 0.881. The second-order valence-corrected chi connectivity index (χ2v) is 6.31. The Morgan fingerprint density at radius 3 is 2.87 bits per heavy atom. The van der Waals surface area contributed by atoms with Crippen LogP contribution in [0.5, 0.6) is 0 Å². The molecule has 1 aromatic carbocycles. The van der Waals surface area contributed by atoms with Crippen LogP contribution < -0.4 is 5.73 Å². The molecule has 118 valence electrons. The molecule has 23 heavy (non-hydrogen) atoms. The number of benzene rings is 1. The zero-order chi connectivity index (χ0) is 16.6. The van der Waals surface area contributed by atoms with Crippen LogP contribution in [-0.2, 0) is 12.8 Å². The van der Waals surface area contributed by atoms with Gasteiger partial charge in [-0.2, -0.15) is 5.26 Å². The lowest BCUT2D eigenvalue weighted by atomic mass is 9.80. The molecule has 1 heterocycles. The van der Waals surface area contributed by atoms with Crippen molar-refractivity contribution in [2.24, 2.45) is 5.92 Å². The summed E-state index contributed by atoms with van der Waals surface area (Å²) in [7, 11) is 0. The van der Waals surface area contributed by atoms with Gasteiger partial charge in [-0.25, -0.2) is 9.37 Å². The largest absolute Gasteiger partial charge is 0.383 e. The maximum atomic E-state index is 14.5. The number of aryl methyl sites for hydroxylation is 1. The van der Waals surface area contributed by atoms with Gasteiger partial charge in [0, 0.05) is 16.8 Å². The van der Waals surface area contributed by atoms with Gasteiger partial charge < -0.3 is 5.73 Å². The van der Waals surface area contributed by atoms with Crippen LogP contribution in [0, 0.1) is 23.1 Å². The summed E-state index contributed by atoms with van der Waals surface area (Å²) in [6.07, 6.45) is 3.64. The van der Waals surface area contributed by atoms with E-state index in [4.69, 9.17) is 17.3 Å². The predicted octanol–water partition coefficient (Wildman–Crippen LogP) is 4.51. The first kappa shape index (κ1) is 15.8. The molecule has 3 rings (SSSR count). The molecule has 3 nitrogen and oxygen atoms in total. The number of rotatable bonds is 2. The van der Waals surface area contributed by atoms with Crippen molar-refractivity contribution < 1.29 is 4.39 Å². The molecule has 0 saturated heterocycles. The zero-order valence-corrected chi connectivity index (χ0v) is 13.6. The van der Waals surface area contributed by atoms with E-state index in [9.17, 15) is 9.65 Å². The van der Waals surface area contributed by atoms with Crippen LogP contribution in [0.2, 0.25) is 5.02 Å². The number of nitrogens with two attached hydrogens (primary N) is 1. The van der Waals surface area contributed by atoms with Crippen LogP contribution in [0.3, 0.4) is 0 Å². The smallest absolute Gasteiger partial charge is 0.142 e. The van der Waals surface area contributed by atoms with Gasteiger partial charge in [0.05, 0.1) is 5.02 Å². The predicted molar refractivity (Wildman–Crippen MR) is 89.6 cm³/mol. The molecule has 1 aromatic heterocycles. The van der Waals surface area contributed by atoms with E-state index in [1.165, 1.54) is 6.07 Å². The second kappa shape index (κ2) is 6.17. The van der Waals surface area contributed by atoms with Crippen molar-refractivity contribution in [3.05, 3.63) is 45.9 Å². The third-order valence-electron chi connectivity index (χ3n) is 4.60. The van der Waals surface area contributed by atoms with Gasteiger partial charge in [-0.1, -0.05) is 31.0 Å². The molecule has 0 saturated carbocycles. The Labute approximate surface area is 139 Å². The fourth-order valence-corrected chi connectivity index (χ4v) is 3.58. The van der Waals surface area contributed by atoms with Gasteiger partial charge in [0.1, 0.15) is 23.3 Å². The Morgan fingerprint density at radius 1 is 1.43 bits per heavy atom. The molecule has 0 radical (unpaired) electrons. The van der Waals surface area contributed by atoms with Gasteiger partial charge in [-0.15, -0.1) is 0 Å².